The van der Waals surface area contributed by atoms with E-state index in [-0.39, 0.29) is 5.82 Å². The van der Waals surface area contributed by atoms with Crippen molar-refractivity contribution < 1.29 is 4.39 Å². The average molecular weight is 250 g/mol. The summed E-state index contributed by atoms with van der Waals surface area (Å²) in [4.78, 5) is 2.29. The van der Waals surface area contributed by atoms with Crippen molar-refractivity contribution in [3.63, 3.8) is 0 Å². The average Bonchev–Trinajstić information content (AvgIpc) is 2.27. The lowest BCUT2D eigenvalue weighted by atomic mass is 10.0. The zero-order valence-corrected chi connectivity index (χ0v) is 11.5. The molecule has 0 bridgehead atoms. The molecule has 1 aliphatic heterocycles. The number of anilines is 1. The summed E-state index contributed by atoms with van der Waals surface area (Å²) in [6, 6.07) is 6.31. The molecule has 1 aliphatic rings. The van der Waals surface area contributed by atoms with Crippen molar-refractivity contribution in [1.82, 2.24) is 5.32 Å². The number of hydrogen-bond acceptors (Lipinski definition) is 2. The van der Waals surface area contributed by atoms with Gasteiger partial charge >= 0.3 is 0 Å². The van der Waals surface area contributed by atoms with Gasteiger partial charge in [-0.25, -0.2) is 4.39 Å². The zero-order chi connectivity index (χ0) is 13.1. The van der Waals surface area contributed by atoms with Gasteiger partial charge in [-0.05, 0) is 43.5 Å². The van der Waals surface area contributed by atoms with Gasteiger partial charge in [0.15, 0.2) is 0 Å². The first-order valence-electron chi connectivity index (χ1n) is 6.83. The van der Waals surface area contributed by atoms with E-state index in [9.17, 15) is 4.39 Å². The van der Waals surface area contributed by atoms with Crippen molar-refractivity contribution in [1.29, 1.82) is 0 Å². The summed E-state index contributed by atoms with van der Waals surface area (Å²) in [6.45, 7) is 8.29. The van der Waals surface area contributed by atoms with E-state index in [0.29, 0.717) is 12.1 Å². The maximum Gasteiger partial charge on any atom is 0.125 e. The molecule has 1 N–H and O–H groups in total. The highest BCUT2D eigenvalue weighted by Gasteiger charge is 2.20. The molecule has 3 heteroatoms. The summed E-state index contributed by atoms with van der Waals surface area (Å²) >= 11 is 0. The molecule has 0 radical (unpaired) electrons. The van der Waals surface area contributed by atoms with E-state index in [0.717, 1.165) is 24.3 Å². The molecule has 2 nitrogen and oxygen atoms in total. The molecule has 0 spiro atoms. The van der Waals surface area contributed by atoms with Crippen LogP contribution in [0.5, 0.6) is 0 Å². The quantitative estimate of drug-likeness (QED) is 0.886. The zero-order valence-electron chi connectivity index (χ0n) is 11.5. The SMILES string of the molecule is Cc1cc(F)cc(N2CCCC(NC(C)C)C2)c1. The number of halogens is 1. The first kappa shape index (κ1) is 13.3. The standard InChI is InChI=1S/C15H23FN2/c1-11(2)17-14-5-4-6-18(10-14)15-8-12(3)7-13(16)9-15/h7-9,11,14,17H,4-6,10H2,1-3H3. The maximum atomic E-state index is 13.4. The van der Waals surface area contributed by atoms with Gasteiger partial charge in [-0.2, -0.15) is 0 Å². The van der Waals surface area contributed by atoms with Gasteiger partial charge in [0.1, 0.15) is 5.82 Å². The highest BCUT2D eigenvalue weighted by molar-refractivity contribution is 5.49. The van der Waals surface area contributed by atoms with Gasteiger partial charge in [0.25, 0.3) is 0 Å². The Labute approximate surface area is 109 Å². The molecule has 1 aromatic carbocycles. The highest BCUT2D eigenvalue weighted by Crippen LogP contribution is 2.22. The van der Waals surface area contributed by atoms with Gasteiger partial charge < -0.3 is 10.2 Å². The fourth-order valence-corrected chi connectivity index (χ4v) is 2.72. The van der Waals surface area contributed by atoms with Crippen LogP contribution in [0.25, 0.3) is 0 Å². The third-order valence-electron chi connectivity index (χ3n) is 3.38. The smallest absolute Gasteiger partial charge is 0.125 e. The largest absolute Gasteiger partial charge is 0.370 e. The predicted octanol–water partition coefficient (Wildman–Crippen LogP) is 3.10. The van der Waals surface area contributed by atoms with E-state index in [1.807, 2.05) is 6.92 Å². The summed E-state index contributed by atoms with van der Waals surface area (Å²) in [6.07, 6.45) is 2.38. The van der Waals surface area contributed by atoms with Crippen LogP contribution in [0, 0.1) is 12.7 Å². The lowest BCUT2D eigenvalue weighted by molar-refractivity contribution is 0.394. The fourth-order valence-electron chi connectivity index (χ4n) is 2.72. The molecule has 1 heterocycles. The first-order valence-corrected chi connectivity index (χ1v) is 6.83. The van der Waals surface area contributed by atoms with E-state index in [2.05, 4.69) is 30.1 Å². The van der Waals surface area contributed by atoms with Gasteiger partial charge in [0.2, 0.25) is 0 Å². The van der Waals surface area contributed by atoms with Crippen LogP contribution >= 0.6 is 0 Å². The summed E-state index contributed by atoms with van der Waals surface area (Å²) in [5.74, 6) is -0.135. The summed E-state index contributed by atoms with van der Waals surface area (Å²) in [7, 11) is 0. The van der Waals surface area contributed by atoms with Crippen LogP contribution in [0.3, 0.4) is 0 Å². The number of rotatable bonds is 3. The Morgan fingerprint density at radius 3 is 2.78 bits per heavy atom. The van der Waals surface area contributed by atoms with E-state index >= 15 is 0 Å². The molecule has 100 valence electrons. The van der Waals surface area contributed by atoms with Crippen LogP contribution in [-0.4, -0.2) is 25.2 Å². The second-order valence-electron chi connectivity index (χ2n) is 5.59. The Morgan fingerprint density at radius 1 is 1.33 bits per heavy atom. The number of piperidine rings is 1. The molecule has 18 heavy (non-hydrogen) atoms. The first-order chi connectivity index (χ1) is 8.54. The maximum absolute atomic E-state index is 13.4. The fraction of sp³-hybridized carbons (Fsp3) is 0.600. The number of benzene rings is 1. The van der Waals surface area contributed by atoms with Gasteiger partial charge in [-0.1, -0.05) is 13.8 Å². The van der Waals surface area contributed by atoms with Crippen molar-refractivity contribution in [3.05, 3.63) is 29.6 Å². The van der Waals surface area contributed by atoms with Gasteiger partial charge in [0, 0.05) is 30.9 Å². The van der Waals surface area contributed by atoms with Crippen molar-refractivity contribution in [2.45, 2.75) is 45.7 Å². The van der Waals surface area contributed by atoms with E-state index in [1.165, 1.54) is 12.8 Å². The summed E-state index contributed by atoms with van der Waals surface area (Å²) in [5.41, 5.74) is 2.01. The minimum Gasteiger partial charge on any atom is -0.370 e. The molecule has 0 aromatic heterocycles. The molecule has 1 unspecified atom stereocenters. The Kier molecular flexibility index (Phi) is 4.23. The predicted molar refractivity (Wildman–Crippen MR) is 74.6 cm³/mol. The van der Waals surface area contributed by atoms with Gasteiger partial charge in [-0.15, -0.1) is 0 Å². The van der Waals surface area contributed by atoms with Crippen LogP contribution in [0.2, 0.25) is 0 Å². The van der Waals surface area contributed by atoms with Crippen LogP contribution in [0.4, 0.5) is 10.1 Å². The lowest BCUT2D eigenvalue weighted by Crippen LogP contribution is -2.47. The Bertz CT molecular complexity index is 383. The number of nitrogens with one attached hydrogen (secondary N) is 1. The topological polar surface area (TPSA) is 15.3 Å². The minimum atomic E-state index is -0.135. The molecule has 1 fully saturated rings. The van der Waals surface area contributed by atoms with E-state index in [1.54, 1.807) is 12.1 Å². The number of aryl methyl sites for hydroxylation is 1. The minimum absolute atomic E-state index is 0.135. The lowest BCUT2D eigenvalue weighted by Gasteiger charge is -2.36. The second kappa shape index (κ2) is 5.70. The molecular weight excluding hydrogens is 227 g/mol. The van der Waals surface area contributed by atoms with Crippen LogP contribution in [0.15, 0.2) is 18.2 Å². The molecule has 1 saturated heterocycles. The monoisotopic (exact) mass is 250 g/mol. The highest BCUT2D eigenvalue weighted by atomic mass is 19.1. The third-order valence-corrected chi connectivity index (χ3v) is 3.38. The normalized spacial score (nSPS) is 20.5. The van der Waals surface area contributed by atoms with Crippen LogP contribution in [-0.2, 0) is 0 Å². The molecule has 1 aromatic rings. The molecule has 0 aliphatic carbocycles. The second-order valence-corrected chi connectivity index (χ2v) is 5.59. The third kappa shape index (κ3) is 3.45. The summed E-state index contributed by atoms with van der Waals surface area (Å²) in [5, 5.41) is 3.58. The van der Waals surface area contributed by atoms with Crippen molar-refractivity contribution >= 4 is 5.69 Å². The Balaban J connectivity index is 2.08. The van der Waals surface area contributed by atoms with Crippen molar-refractivity contribution in [2.24, 2.45) is 0 Å². The molecular formula is C15H23FN2. The molecule has 0 amide bonds. The van der Waals surface area contributed by atoms with Gasteiger partial charge in [-0.3, -0.25) is 0 Å². The Morgan fingerprint density at radius 2 is 2.11 bits per heavy atom. The van der Waals surface area contributed by atoms with E-state index in [4.69, 9.17) is 0 Å². The number of nitrogens with zero attached hydrogens (tertiary/aromatic N) is 1. The van der Waals surface area contributed by atoms with Crippen LogP contribution in [0.1, 0.15) is 32.3 Å². The molecule has 0 saturated carbocycles. The summed E-state index contributed by atoms with van der Waals surface area (Å²) < 4.78 is 13.4. The Hall–Kier alpha value is -1.09. The van der Waals surface area contributed by atoms with E-state index < -0.39 is 0 Å². The number of hydrogen-bond donors (Lipinski definition) is 1. The van der Waals surface area contributed by atoms with Crippen molar-refractivity contribution in [2.75, 3.05) is 18.0 Å². The molecule has 1 atom stereocenters. The molecule has 2 rings (SSSR count). The van der Waals surface area contributed by atoms with Crippen molar-refractivity contribution in [3.8, 4) is 0 Å². The van der Waals surface area contributed by atoms with Crippen LogP contribution < -0.4 is 10.2 Å². The van der Waals surface area contributed by atoms with Gasteiger partial charge in [0.05, 0.1) is 0 Å².